The quantitative estimate of drug-likeness (QED) is 0.569. The number of methoxy groups -OCH3 is 1. The summed E-state index contributed by atoms with van der Waals surface area (Å²) in [7, 11) is 0.324. The van der Waals surface area contributed by atoms with E-state index >= 15 is 0 Å². The summed E-state index contributed by atoms with van der Waals surface area (Å²) >= 11 is 6.42. The summed E-state index contributed by atoms with van der Waals surface area (Å²) in [6, 6.07) is 10.4. The Morgan fingerprint density at radius 1 is 1.29 bits per heavy atom. The van der Waals surface area contributed by atoms with Crippen LogP contribution < -0.4 is 0 Å². The maximum atomic E-state index is 6.42. The van der Waals surface area contributed by atoms with Gasteiger partial charge in [-0.05, 0) is 10.6 Å². The molecule has 1 atom stereocenters. The van der Waals surface area contributed by atoms with Gasteiger partial charge in [0.05, 0.1) is 6.23 Å². The van der Waals surface area contributed by atoms with Gasteiger partial charge in [-0.25, -0.2) is 0 Å². The Balaban J connectivity index is 2.84. The normalized spacial score (nSPS) is 14.0. The average Bonchev–Trinajstić information content (AvgIpc) is 2.19. The fourth-order valence-electron chi connectivity index (χ4n) is 1.40. The Bertz CT molecular complexity index is 274. The Hall–Kier alpha value is -0.313. The maximum Gasteiger partial charge on any atom is 0.177 e. The van der Waals surface area contributed by atoms with E-state index in [0.717, 1.165) is 0 Å². The van der Waals surface area contributed by atoms with Gasteiger partial charge in [0.1, 0.15) is 0 Å². The van der Waals surface area contributed by atoms with Gasteiger partial charge in [0.2, 0.25) is 0 Å². The summed E-state index contributed by atoms with van der Waals surface area (Å²) in [4.78, 5) is 0. The van der Waals surface area contributed by atoms with Crippen LogP contribution in [0.5, 0.6) is 0 Å². The molecule has 1 rings (SSSR count). The second-order valence-corrected chi connectivity index (χ2v) is 8.30. The Morgan fingerprint density at radius 3 is 2.36 bits per heavy atom. The van der Waals surface area contributed by atoms with E-state index in [1.807, 2.05) is 6.07 Å². The molecular weight excluding hydrogens is 212 g/mol. The van der Waals surface area contributed by atoms with Crippen molar-refractivity contribution in [3.05, 3.63) is 35.9 Å². The third-order valence-corrected chi connectivity index (χ3v) is 7.15. The fraction of sp³-hybridized carbons (Fsp3) is 0.455. The second-order valence-electron chi connectivity index (χ2n) is 4.01. The van der Waals surface area contributed by atoms with Crippen LogP contribution in [0.4, 0.5) is 0 Å². The first-order valence-corrected chi connectivity index (χ1v) is 7.91. The van der Waals surface area contributed by atoms with Gasteiger partial charge < -0.3 is 4.74 Å². The molecule has 0 aliphatic rings. The summed E-state index contributed by atoms with van der Waals surface area (Å²) < 4.78 is 5.14. The number of halogens is 1. The van der Waals surface area contributed by atoms with Crippen molar-refractivity contribution in [1.29, 1.82) is 0 Å². The molecule has 0 heterocycles. The van der Waals surface area contributed by atoms with Crippen LogP contribution in [0.1, 0.15) is 19.4 Å². The summed E-state index contributed by atoms with van der Waals surface area (Å²) in [6.07, 6.45) is 0.712. The molecule has 0 radical (unpaired) electrons. The highest BCUT2D eigenvalue weighted by Crippen LogP contribution is 2.27. The third kappa shape index (κ3) is 2.59. The van der Waals surface area contributed by atoms with Gasteiger partial charge in [0, 0.05) is 7.11 Å². The van der Waals surface area contributed by atoms with E-state index in [0.29, 0.717) is 6.23 Å². The van der Waals surface area contributed by atoms with E-state index in [1.54, 1.807) is 7.11 Å². The van der Waals surface area contributed by atoms with E-state index in [2.05, 4.69) is 38.1 Å². The maximum absolute atomic E-state index is 6.42. The van der Waals surface area contributed by atoms with Crippen molar-refractivity contribution in [3.8, 4) is 0 Å². The first-order valence-electron chi connectivity index (χ1n) is 4.77. The number of hydrogen-bond acceptors (Lipinski definition) is 1. The van der Waals surface area contributed by atoms with Gasteiger partial charge in [-0.15, -0.1) is 0 Å². The molecule has 0 aliphatic heterocycles. The summed E-state index contributed by atoms with van der Waals surface area (Å²) in [5.41, 5.74) is 1.31. The first kappa shape index (κ1) is 11.8. The molecule has 1 nitrogen and oxygen atoms in total. The highest BCUT2D eigenvalue weighted by molar-refractivity contribution is 7.08. The minimum Gasteiger partial charge on any atom is -0.387 e. The lowest BCUT2D eigenvalue weighted by molar-refractivity contribution is 0.247. The van der Waals surface area contributed by atoms with Crippen molar-refractivity contribution in [3.63, 3.8) is 0 Å². The lowest BCUT2D eigenvalue weighted by atomic mass is 10.0. The van der Waals surface area contributed by atoms with Gasteiger partial charge in [0.15, 0.2) is 8.11 Å². The molecule has 78 valence electrons. The van der Waals surface area contributed by atoms with Crippen LogP contribution in [-0.2, 0) is 9.78 Å². The molecule has 1 aromatic rings. The van der Waals surface area contributed by atoms with Gasteiger partial charge in [-0.3, -0.25) is 0 Å². The minimum absolute atomic E-state index is 0.0822. The van der Waals surface area contributed by atoms with Crippen LogP contribution in [0.2, 0.25) is 0 Å². The number of ether oxygens (including phenoxy) is 1. The molecule has 0 spiro atoms. The summed E-state index contributed by atoms with van der Waals surface area (Å²) in [5, 5.41) is 0.0822. The smallest absolute Gasteiger partial charge is 0.177 e. The van der Waals surface area contributed by atoms with Crippen LogP contribution >= 0.6 is 11.1 Å². The number of hydrogen-bond donors (Lipinski definition) is 0. The van der Waals surface area contributed by atoms with Crippen molar-refractivity contribution in [2.45, 2.75) is 18.9 Å². The van der Waals surface area contributed by atoms with E-state index in [-0.39, 0.29) is 5.04 Å². The van der Waals surface area contributed by atoms with Crippen molar-refractivity contribution >= 4 is 19.2 Å². The molecule has 0 aromatic heterocycles. The zero-order valence-electron chi connectivity index (χ0n) is 8.96. The monoisotopic (exact) mass is 228 g/mol. The predicted octanol–water partition coefficient (Wildman–Crippen LogP) is 2.65. The van der Waals surface area contributed by atoms with Crippen LogP contribution in [0, 0.1) is 0 Å². The lowest BCUT2D eigenvalue weighted by Gasteiger charge is -2.28. The third-order valence-electron chi connectivity index (χ3n) is 2.61. The molecule has 14 heavy (non-hydrogen) atoms. The Kier molecular flexibility index (Phi) is 4.17. The highest BCUT2D eigenvalue weighted by atomic mass is 35.6. The lowest BCUT2D eigenvalue weighted by Crippen LogP contribution is -2.37. The second kappa shape index (κ2) is 4.96. The van der Waals surface area contributed by atoms with Gasteiger partial charge in [-0.1, -0.05) is 44.2 Å². The van der Waals surface area contributed by atoms with Crippen molar-refractivity contribution < 1.29 is 4.74 Å². The van der Waals surface area contributed by atoms with E-state index in [9.17, 15) is 0 Å². The van der Waals surface area contributed by atoms with Crippen molar-refractivity contribution in [2.75, 3.05) is 13.3 Å². The molecule has 0 aliphatic carbocycles. The molecule has 0 N–H and O–H groups in total. The number of benzene rings is 1. The largest absolute Gasteiger partial charge is 0.387 e. The standard InChI is InChI=1S/C11H17ClOSi/c1-11(2,14(12)9-13-3)10-7-5-4-6-8-10/h4-8,14H,9H2,1-3H3. The summed E-state index contributed by atoms with van der Waals surface area (Å²) in [5.74, 6) is 0. The van der Waals surface area contributed by atoms with E-state index < -0.39 is 8.11 Å². The van der Waals surface area contributed by atoms with E-state index in [4.69, 9.17) is 15.8 Å². The molecule has 1 unspecified atom stereocenters. The molecule has 1 aromatic carbocycles. The van der Waals surface area contributed by atoms with Crippen LogP contribution in [-0.4, -0.2) is 21.4 Å². The topological polar surface area (TPSA) is 9.23 Å². The molecule has 3 heteroatoms. The Morgan fingerprint density at radius 2 is 1.86 bits per heavy atom. The SMILES string of the molecule is COC[SiH](Cl)C(C)(C)c1ccccc1. The van der Waals surface area contributed by atoms with Gasteiger partial charge in [-0.2, -0.15) is 11.1 Å². The zero-order chi connectivity index (χ0) is 10.6. The molecule has 0 fully saturated rings. The minimum atomic E-state index is -1.39. The van der Waals surface area contributed by atoms with Crippen LogP contribution in [0.15, 0.2) is 30.3 Å². The van der Waals surface area contributed by atoms with E-state index in [1.165, 1.54) is 5.56 Å². The van der Waals surface area contributed by atoms with Crippen LogP contribution in [0.25, 0.3) is 0 Å². The average molecular weight is 229 g/mol. The highest BCUT2D eigenvalue weighted by Gasteiger charge is 2.31. The van der Waals surface area contributed by atoms with Gasteiger partial charge in [0.25, 0.3) is 0 Å². The molecule has 0 amide bonds. The summed E-state index contributed by atoms with van der Waals surface area (Å²) in [6.45, 7) is 4.40. The Labute approximate surface area is 92.4 Å². The molecule has 0 saturated heterocycles. The molecule has 0 saturated carbocycles. The molecule has 0 bridgehead atoms. The predicted molar refractivity (Wildman–Crippen MR) is 64.3 cm³/mol. The van der Waals surface area contributed by atoms with Crippen LogP contribution in [0.3, 0.4) is 0 Å². The first-order chi connectivity index (χ1) is 6.59. The number of rotatable bonds is 4. The fourth-order valence-corrected chi connectivity index (χ4v) is 3.42. The van der Waals surface area contributed by atoms with Gasteiger partial charge >= 0.3 is 0 Å². The van der Waals surface area contributed by atoms with Crippen molar-refractivity contribution in [1.82, 2.24) is 0 Å². The zero-order valence-corrected chi connectivity index (χ0v) is 10.9. The van der Waals surface area contributed by atoms with Crippen molar-refractivity contribution in [2.24, 2.45) is 0 Å². The molecular formula is C11H17ClOSi.